The maximum absolute atomic E-state index is 14.0. The van der Waals surface area contributed by atoms with Crippen LogP contribution in [0, 0.1) is 0 Å². The van der Waals surface area contributed by atoms with Gasteiger partial charge in [0.15, 0.2) is 6.10 Å². The van der Waals surface area contributed by atoms with Crippen LogP contribution in [0.3, 0.4) is 0 Å². The van der Waals surface area contributed by atoms with Gasteiger partial charge in [0, 0.05) is 10.9 Å². The molecule has 2 rings (SSSR count). The molecule has 0 saturated heterocycles. The molecule has 0 radical (unpaired) electrons. The molecule has 2 aromatic rings. The third-order valence-electron chi connectivity index (χ3n) is 2.81. The van der Waals surface area contributed by atoms with Gasteiger partial charge in [-0.25, -0.2) is 8.78 Å². The number of alkyl halides is 2. The van der Waals surface area contributed by atoms with Crippen molar-refractivity contribution >= 4 is 15.9 Å². The van der Waals surface area contributed by atoms with Crippen molar-refractivity contribution in [2.45, 2.75) is 32.3 Å². The normalized spacial score (nSPS) is 13.2. The lowest BCUT2D eigenvalue weighted by Crippen LogP contribution is -2.15. The third kappa shape index (κ3) is 3.12. The largest absolute Gasteiger partial charge is 0.482 e. The van der Waals surface area contributed by atoms with Crippen LogP contribution in [-0.4, -0.2) is 20.6 Å². The van der Waals surface area contributed by atoms with Crippen LogP contribution >= 0.6 is 15.9 Å². The van der Waals surface area contributed by atoms with Gasteiger partial charge < -0.3 is 4.74 Å². The molecule has 0 bridgehead atoms. The molecule has 1 aromatic heterocycles. The maximum atomic E-state index is 14.0. The number of halogens is 3. The molecule has 1 N–H and O–H groups in total. The molecule has 0 saturated carbocycles. The molecule has 0 unspecified atom stereocenters. The molecule has 20 heavy (non-hydrogen) atoms. The monoisotopic (exact) mass is 346 g/mol. The zero-order valence-corrected chi connectivity index (χ0v) is 12.5. The Kier molecular flexibility index (Phi) is 4.32. The lowest BCUT2D eigenvalue weighted by molar-refractivity contribution is -0.0120. The molecule has 108 valence electrons. The standard InChI is InChI=1S/C12H13BrF2N4O/c1-3-12(14,15)9-6-8(13)4-5-10(9)20-7(2)11-16-18-19-17-11/h4-7H,3H2,1-2H3,(H,16,17,18,19)/t7-/m0/s1. The molecule has 0 aliphatic carbocycles. The van der Waals surface area contributed by atoms with Gasteiger partial charge in [-0.1, -0.05) is 28.1 Å². The van der Waals surface area contributed by atoms with Crippen molar-refractivity contribution in [1.82, 2.24) is 20.6 Å². The second kappa shape index (κ2) is 5.82. The van der Waals surface area contributed by atoms with E-state index in [1.165, 1.54) is 19.1 Å². The number of H-pyrrole nitrogens is 1. The highest BCUT2D eigenvalue weighted by Crippen LogP contribution is 2.40. The zero-order chi connectivity index (χ0) is 14.8. The quantitative estimate of drug-likeness (QED) is 0.898. The summed E-state index contributed by atoms with van der Waals surface area (Å²) in [6.07, 6.45) is -0.891. The van der Waals surface area contributed by atoms with E-state index < -0.39 is 12.0 Å². The second-order valence-corrected chi connectivity index (χ2v) is 5.14. The van der Waals surface area contributed by atoms with Crippen LogP contribution in [0.25, 0.3) is 0 Å². The molecule has 5 nitrogen and oxygen atoms in total. The Morgan fingerprint density at radius 1 is 1.45 bits per heavy atom. The molecule has 8 heteroatoms. The highest BCUT2D eigenvalue weighted by Gasteiger charge is 2.33. The van der Waals surface area contributed by atoms with Crippen LogP contribution in [0.5, 0.6) is 5.75 Å². The van der Waals surface area contributed by atoms with Crippen LogP contribution in [0.15, 0.2) is 22.7 Å². The number of hydrogen-bond donors (Lipinski definition) is 1. The summed E-state index contributed by atoms with van der Waals surface area (Å²) in [6, 6.07) is 4.51. The van der Waals surface area contributed by atoms with Crippen molar-refractivity contribution in [2.24, 2.45) is 0 Å². The van der Waals surface area contributed by atoms with E-state index in [9.17, 15) is 8.78 Å². The van der Waals surface area contributed by atoms with Crippen molar-refractivity contribution in [3.05, 3.63) is 34.1 Å². The SMILES string of the molecule is CCC(F)(F)c1cc(Br)ccc1O[C@@H](C)c1nn[nH]n1. The molecular formula is C12H13BrF2N4O. The number of rotatable bonds is 5. The molecule has 1 atom stereocenters. The summed E-state index contributed by atoms with van der Waals surface area (Å²) in [7, 11) is 0. The Hall–Kier alpha value is -1.57. The maximum Gasteiger partial charge on any atom is 0.276 e. The van der Waals surface area contributed by atoms with E-state index in [2.05, 4.69) is 36.6 Å². The summed E-state index contributed by atoms with van der Waals surface area (Å²) >= 11 is 3.19. The predicted octanol–water partition coefficient (Wildman–Crippen LogP) is 3.60. The van der Waals surface area contributed by atoms with Gasteiger partial charge in [0.25, 0.3) is 5.92 Å². The smallest absolute Gasteiger partial charge is 0.276 e. The average molecular weight is 347 g/mol. The Morgan fingerprint density at radius 3 is 2.80 bits per heavy atom. The van der Waals surface area contributed by atoms with E-state index >= 15 is 0 Å². The van der Waals surface area contributed by atoms with Gasteiger partial charge in [0.05, 0.1) is 5.56 Å². The van der Waals surface area contributed by atoms with E-state index in [1.807, 2.05) is 0 Å². The van der Waals surface area contributed by atoms with Gasteiger partial charge in [-0.05, 0) is 25.1 Å². The summed E-state index contributed by atoms with van der Waals surface area (Å²) in [5.41, 5.74) is -0.162. The molecule has 0 amide bonds. The van der Waals surface area contributed by atoms with Crippen molar-refractivity contribution in [3.8, 4) is 5.75 Å². The molecule has 1 heterocycles. The summed E-state index contributed by atoms with van der Waals surface area (Å²) in [4.78, 5) is 0. The number of ether oxygens (including phenoxy) is 1. The minimum Gasteiger partial charge on any atom is -0.482 e. The number of aromatic amines is 1. The van der Waals surface area contributed by atoms with E-state index in [1.54, 1.807) is 13.0 Å². The van der Waals surface area contributed by atoms with Crippen molar-refractivity contribution in [1.29, 1.82) is 0 Å². The first-order chi connectivity index (χ1) is 9.44. The molecule has 0 aliphatic heterocycles. The van der Waals surface area contributed by atoms with Crippen molar-refractivity contribution in [3.63, 3.8) is 0 Å². The first kappa shape index (κ1) is 14.8. The van der Waals surface area contributed by atoms with E-state index in [0.29, 0.717) is 10.3 Å². The van der Waals surface area contributed by atoms with Gasteiger partial charge in [-0.15, -0.1) is 10.2 Å². The Morgan fingerprint density at radius 2 is 2.20 bits per heavy atom. The van der Waals surface area contributed by atoms with Gasteiger partial charge in [-0.3, -0.25) is 0 Å². The lowest BCUT2D eigenvalue weighted by Gasteiger charge is -2.20. The lowest BCUT2D eigenvalue weighted by atomic mass is 10.1. The summed E-state index contributed by atoms with van der Waals surface area (Å²) in [5.74, 6) is -2.55. The van der Waals surface area contributed by atoms with E-state index in [-0.39, 0.29) is 17.7 Å². The van der Waals surface area contributed by atoms with Gasteiger partial charge >= 0.3 is 0 Å². The topological polar surface area (TPSA) is 63.7 Å². The van der Waals surface area contributed by atoms with Crippen molar-refractivity contribution in [2.75, 3.05) is 0 Å². The fourth-order valence-electron chi connectivity index (χ4n) is 1.67. The Labute approximate surface area is 122 Å². The Bertz CT molecular complexity index is 577. The number of aromatic nitrogens is 4. The van der Waals surface area contributed by atoms with Crippen LogP contribution in [0.4, 0.5) is 8.78 Å². The number of hydrogen-bond acceptors (Lipinski definition) is 4. The summed E-state index contributed by atoms with van der Waals surface area (Å²) in [5, 5.41) is 13.3. The minimum atomic E-state index is -2.96. The number of tetrazole rings is 1. The van der Waals surface area contributed by atoms with Crippen LogP contribution in [0.1, 0.15) is 37.8 Å². The number of nitrogens with one attached hydrogen (secondary N) is 1. The molecule has 0 spiro atoms. The average Bonchev–Trinajstić information content (AvgIpc) is 2.94. The fraction of sp³-hybridized carbons (Fsp3) is 0.417. The molecule has 0 aliphatic rings. The van der Waals surface area contributed by atoms with E-state index in [4.69, 9.17) is 4.74 Å². The Balaban J connectivity index is 2.32. The fourth-order valence-corrected chi connectivity index (χ4v) is 2.03. The van der Waals surface area contributed by atoms with Gasteiger partial charge in [0.1, 0.15) is 5.75 Å². The minimum absolute atomic E-state index is 0.109. The third-order valence-corrected chi connectivity index (χ3v) is 3.30. The number of benzene rings is 1. The summed E-state index contributed by atoms with van der Waals surface area (Å²) in [6.45, 7) is 3.09. The predicted molar refractivity (Wildman–Crippen MR) is 71.5 cm³/mol. The first-order valence-corrected chi connectivity index (χ1v) is 6.81. The van der Waals surface area contributed by atoms with Crippen LogP contribution in [-0.2, 0) is 5.92 Å². The van der Waals surface area contributed by atoms with Gasteiger partial charge in [-0.2, -0.15) is 5.21 Å². The molecular weight excluding hydrogens is 334 g/mol. The molecule has 1 aromatic carbocycles. The highest BCUT2D eigenvalue weighted by atomic mass is 79.9. The van der Waals surface area contributed by atoms with Crippen molar-refractivity contribution < 1.29 is 13.5 Å². The van der Waals surface area contributed by atoms with E-state index in [0.717, 1.165) is 0 Å². The van der Waals surface area contributed by atoms with Crippen LogP contribution < -0.4 is 4.74 Å². The summed E-state index contributed by atoms with van der Waals surface area (Å²) < 4.78 is 34.1. The molecule has 0 fully saturated rings. The van der Waals surface area contributed by atoms with Crippen LogP contribution in [0.2, 0.25) is 0 Å². The first-order valence-electron chi connectivity index (χ1n) is 6.02. The zero-order valence-electron chi connectivity index (χ0n) is 10.9. The number of nitrogens with zero attached hydrogens (tertiary/aromatic N) is 3. The highest BCUT2D eigenvalue weighted by molar-refractivity contribution is 9.10. The van der Waals surface area contributed by atoms with Gasteiger partial charge in [0.2, 0.25) is 5.82 Å². The second-order valence-electron chi connectivity index (χ2n) is 4.23.